The van der Waals surface area contributed by atoms with Gasteiger partial charge in [0.25, 0.3) is 0 Å². The number of carbonyl (C=O) groups is 5. The van der Waals surface area contributed by atoms with Crippen LogP contribution in [0, 0.1) is 0 Å². The van der Waals surface area contributed by atoms with Crippen LogP contribution in [0.3, 0.4) is 0 Å². The van der Waals surface area contributed by atoms with Gasteiger partial charge in [0.15, 0.2) is 18.0 Å². The summed E-state index contributed by atoms with van der Waals surface area (Å²) in [5.74, 6) is -3.24. The number of carbonyl (C=O) groups excluding carboxylic acids is 5. The van der Waals surface area contributed by atoms with Crippen molar-refractivity contribution in [1.82, 2.24) is 4.57 Å². The number of benzene rings is 1. The van der Waals surface area contributed by atoms with Crippen molar-refractivity contribution in [2.45, 2.75) is 65.3 Å². The molecule has 0 bridgehead atoms. The Morgan fingerprint density at radius 3 is 2.03 bits per heavy atom. The van der Waals surface area contributed by atoms with Gasteiger partial charge in [-0.25, -0.2) is 0 Å². The summed E-state index contributed by atoms with van der Waals surface area (Å²) in [5.41, 5.74) is 0.423. The number of aromatic nitrogens is 1. The second-order valence-corrected chi connectivity index (χ2v) is 9.56. The van der Waals surface area contributed by atoms with Crippen LogP contribution in [-0.2, 0) is 42.9 Å². The van der Waals surface area contributed by atoms with Crippen molar-refractivity contribution in [3.05, 3.63) is 27.8 Å². The summed E-state index contributed by atoms with van der Waals surface area (Å²) in [4.78, 5) is 59.8. The molecule has 12 nitrogen and oxygen atoms in total. The highest BCUT2D eigenvalue weighted by Crippen LogP contribution is 2.40. The maximum Gasteiger partial charge on any atom is 0.303 e. The van der Waals surface area contributed by atoms with Crippen LogP contribution < -0.4 is 4.74 Å². The van der Waals surface area contributed by atoms with Gasteiger partial charge in [-0.05, 0) is 28.1 Å². The lowest BCUT2D eigenvalue weighted by Crippen LogP contribution is -2.63. The molecule has 2 heterocycles. The Morgan fingerprint density at radius 2 is 1.47 bits per heavy atom. The molecule has 0 spiro atoms. The summed E-state index contributed by atoms with van der Waals surface area (Å²) in [6.45, 7) is 5.43. The maximum atomic E-state index is 12.3. The van der Waals surface area contributed by atoms with E-state index in [2.05, 4.69) is 15.9 Å². The van der Waals surface area contributed by atoms with Gasteiger partial charge in [0.05, 0.1) is 22.1 Å². The number of ether oxygens (including phenoxy) is 6. The van der Waals surface area contributed by atoms with E-state index in [1.807, 2.05) is 0 Å². The van der Waals surface area contributed by atoms with Crippen LogP contribution in [0.2, 0.25) is 5.02 Å². The van der Waals surface area contributed by atoms with E-state index in [4.69, 9.17) is 40.0 Å². The number of hydrogen-bond donors (Lipinski definition) is 0. The largest absolute Gasteiger partial charge is 0.463 e. The van der Waals surface area contributed by atoms with Gasteiger partial charge in [0.2, 0.25) is 18.3 Å². The quantitative estimate of drug-likeness (QED) is 0.333. The average molecular weight is 619 g/mol. The Labute approximate surface area is 230 Å². The molecule has 5 atom stereocenters. The zero-order valence-corrected chi connectivity index (χ0v) is 23.4. The van der Waals surface area contributed by atoms with Gasteiger partial charge in [0.1, 0.15) is 12.7 Å². The predicted octanol–water partition coefficient (Wildman–Crippen LogP) is 3.18. The monoisotopic (exact) mass is 617 g/mol. The molecule has 1 fully saturated rings. The normalized spacial score (nSPS) is 22.9. The van der Waals surface area contributed by atoms with E-state index in [9.17, 15) is 24.0 Å². The molecule has 206 valence electrons. The fraction of sp³-hybridized carbons (Fsp3) is 0.458. The van der Waals surface area contributed by atoms with E-state index in [0.717, 1.165) is 20.8 Å². The third-order valence-corrected chi connectivity index (χ3v) is 6.64. The molecular formula is C24H25BrClNO11. The molecule has 1 aromatic carbocycles. The average Bonchev–Trinajstić information content (AvgIpc) is 3.17. The SMILES string of the molecule is CC(=O)OC[C@H]1O[C@@H](Oc2cn(C(C)=O)c3ccc(Br)c(Cl)c23)[C@H](OC(C)=O)[C@@H](OC(C)=O)[C@H]1OC(C)=O. The first-order valence-corrected chi connectivity index (χ1v) is 12.4. The molecule has 1 saturated heterocycles. The Hall–Kier alpha value is -3.16. The van der Waals surface area contributed by atoms with Crippen LogP contribution >= 0.6 is 27.5 Å². The Kier molecular flexibility index (Phi) is 9.39. The second kappa shape index (κ2) is 12.1. The van der Waals surface area contributed by atoms with Crippen LogP contribution in [0.15, 0.2) is 22.8 Å². The minimum absolute atomic E-state index is 0.0717. The second-order valence-electron chi connectivity index (χ2n) is 8.32. The minimum Gasteiger partial charge on any atom is -0.463 e. The fourth-order valence-electron chi connectivity index (χ4n) is 3.99. The van der Waals surface area contributed by atoms with Crippen molar-refractivity contribution in [2.24, 2.45) is 0 Å². The molecule has 0 saturated carbocycles. The van der Waals surface area contributed by atoms with Crippen LogP contribution in [-0.4, -0.2) is 71.7 Å². The summed E-state index contributed by atoms with van der Waals surface area (Å²) in [7, 11) is 0. The minimum atomic E-state index is -1.49. The third kappa shape index (κ3) is 6.63. The Balaban J connectivity index is 2.14. The van der Waals surface area contributed by atoms with Crippen LogP contribution in [0.25, 0.3) is 10.9 Å². The smallest absolute Gasteiger partial charge is 0.303 e. The van der Waals surface area contributed by atoms with Crippen molar-refractivity contribution in [2.75, 3.05) is 6.61 Å². The fourth-order valence-corrected chi connectivity index (χ4v) is 4.57. The van der Waals surface area contributed by atoms with E-state index in [-0.39, 0.29) is 16.7 Å². The standard InChI is InChI=1S/C24H25BrClNO11/c1-10(28)27-8-17(19-16(27)7-6-15(25)20(19)26)37-24-23(36-14(5)32)22(35-13(4)31)21(34-12(3)30)18(38-24)9-33-11(2)29/h6-8,18,21-24H,9H2,1-5H3/t18-,21+,22+,23-,24-/m1/s1. The zero-order chi connectivity index (χ0) is 28.3. The van der Waals surface area contributed by atoms with Crippen molar-refractivity contribution < 1.29 is 52.4 Å². The molecule has 0 unspecified atom stereocenters. The van der Waals surface area contributed by atoms with Crippen LogP contribution in [0.4, 0.5) is 0 Å². The number of nitrogens with zero attached hydrogens (tertiary/aromatic N) is 1. The summed E-state index contributed by atoms with van der Waals surface area (Å²) >= 11 is 9.86. The Bertz CT molecular complexity index is 1280. The lowest BCUT2D eigenvalue weighted by molar-refractivity contribution is -0.288. The highest BCUT2D eigenvalue weighted by atomic mass is 79.9. The van der Waals surface area contributed by atoms with Gasteiger partial charge in [-0.3, -0.25) is 28.5 Å². The van der Waals surface area contributed by atoms with E-state index < -0.39 is 61.2 Å². The number of fused-ring (bicyclic) bond motifs is 1. The number of esters is 4. The summed E-state index contributed by atoms with van der Waals surface area (Å²) < 4.78 is 35.1. The van der Waals surface area contributed by atoms with E-state index in [1.165, 1.54) is 24.6 Å². The van der Waals surface area contributed by atoms with Gasteiger partial charge in [-0.2, -0.15) is 0 Å². The van der Waals surface area contributed by atoms with Gasteiger partial charge < -0.3 is 28.4 Å². The molecule has 38 heavy (non-hydrogen) atoms. The van der Waals surface area contributed by atoms with Crippen molar-refractivity contribution in [3.63, 3.8) is 0 Å². The van der Waals surface area contributed by atoms with Crippen molar-refractivity contribution >= 4 is 68.2 Å². The number of rotatable bonds is 7. The molecule has 1 aromatic heterocycles. The van der Waals surface area contributed by atoms with Crippen molar-refractivity contribution in [1.29, 1.82) is 0 Å². The topological polar surface area (TPSA) is 146 Å². The molecule has 0 radical (unpaired) electrons. The van der Waals surface area contributed by atoms with Gasteiger partial charge >= 0.3 is 23.9 Å². The first-order valence-electron chi connectivity index (χ1n) is 11.3. The first-order chi connectivity index (χ1) is 17.8. The van der Waals surface area contributed by atoms with E-state index in [0.29, 0.717) is 15.4 Å². The van der Waals surface area contributed by atoms with E-state index in [1.54, 1.807) is 12.1 Å². The van der Waals surface area contributed by atoms with Gasteiger partial charge in [-0.15, -0.1) is 0 Å². The summed E-state index contributed by atoms with van der Waals surface area (Å²) in [6.07, 6.45) is -5.52. The Morgan fingerprint density at radius 1 is 0.895 bits per heavy atom. The van der Waals surface area contributed by atoms with Crippen molar-refractivity contribution in [3.8, 4) is 5.75 Å². The first kappa shape index (κ1) is 29.4. The molecule has 3 rings (SSSR count). The van der Waals surface area contributed by atoms with Crippen LogP contribution in [0.5, 0.6) is 5.75 Å². The third-order valence-electron chi connectivity index (χ3n) is 5.36. The van der Waals surface area contributed by atoms with Gasteiger partial charge in [-0.1, -0.05) is 11.6 Å². The van der Waals surface area contributed by atoms with Crippen LogP contribution in [0.1, 0.15) is 39.4 Å². The number of halogens is 2. The molecule has 0 N–H and O–H groups in total. The predicted molar refractivity (Wildman–Crippen MR) is 134 cm³/mol. The lowest BCUT2D eigenvalue weighted by Gasteiger charge is -2.43. The highest BCUT2D eigenvalue weighted by Gasteiger charge is 2.53. The molecule has 0 aliphatic carbocycles. The van der Waals surface area contributed by atoms with Gasteiger partial charge in [0, 0.05) is 39.1 Å². The molecule has 2 aromatic rings. The summed E-state index contributed by atoms with van der Waals surface area (Å²) in [5, 5.41) is 0.562. The molecule has 1 aliphatic heterocycles. The molecule has 0 amide bonds. The highest BCUT2D eigenvalue weighted by molar-refractivity contribution is 9.10. The number of hydrogen-bond acceptors (Lipinski definition) is 11. The molecule has 1 aliphatic rings. The zero-order valence-electron chi connectivity index (χ0n) is 21.0. The molecule has 14 heteroatoms. The summed E-state index contributed by atoms with van der Waals surface area (Å²) in [6, 6.07) is 3.30. The van der Waals surface area contributed by atoms with E-state index >= 15 is 0 Å². The lowest BCUT2D eigenvalue weighted by atomic mass is 9.98. The maximum absolute atomic E-state index is 12.3. The molecular weight excluding hydrogens is 594 g/mol.